The minimum atomic E-state index is -0.440. The van der Waals surface area contributed by atoms with Crippen LogP contribution < -0.4 is 5.32 Å². The standard InChI is InChI=1S/C12H16N2O3/c1-8(2)6-9-4-5-10(12(15)13-3)7-11(9)14(16)17/h4-5,7-8H,6H2,1-3H3,(H,13,15). The number of nitro benzene ring substituents is 1. The number of rotatable bonds is 4. The minimum Gasteiger partial charge on any atom is -0.355 e. The fourth-order valence-electron chi connectivity index (χ4n) is 1.63. The van der Waals surface area contributed by atoms with Crippen molar-refractivity contribution in [1.82, 2.24) is 5.32 Å². The van der Waals surface area contributed by atoms with Gasteiger partial charge in [0, 0.05) is 24.2 Å². The van der Waals surface area contributed by atoms with Gasteiger partial charge in [0.15, 0.2) is 0 Å². The molecule has 0 saturated carbocycles. The van der Waals surface area contributed by atoms with Gasteiger partial charge in [-0.05, 0) is 18.4 Å². The lowest BCUT2D eigenvalue weighted by Gasteiger charge is -2.07. The molecule has 1 aromatic rings. The van der Waals surface area contributed by atoms with E-state index in [1.165, 1.54) is 13.1 Å². The summed E-state index contributed by atoms with van der Waals surface area (Å²) in [5.41, 5.74) is 0.990. The summed E-state index contributed by atoms with van der Waals surface area (Å²) in [4.78, 5) is 21.9. The quantitative estimate of drug-likeness (QED) is 0.643. The maximum Gasteiger partial charge on any atom is 0.273 e. The second kappa shape index (κ2) is 5.43. The van der Waals surface area contributed by atoms with Crippen molar-refractivity contribution in [2.45, 2.75) is 20.3 Å². The molecule has 5 nitrogen and oxygen atoms in total. The fraction of sp³-hybridized carbons (Fsp3) is 0.417. The van der Waals surface area contributed by atoms with E-state index in [0.29, 0.717) is 23.5 Å². The van der Waals surface area contributed by atoms with Crippen molar-refractivity contribution in [2.75, 3.05) is 7.05 Å². The van der Waals surface area contributed by atoms with Gasteiger partial charge in [-0.15, -0.1) is 0 Å². The number of benzene rings is 1. The molecule has 1 aromatic carbocycles. The number of carbonyl (C=O) groups excluding carboxylic acids is 1. The Labute approximate surface area is 100.0 Å². The highest BCUT2D eigenvalue weighted by Crippen LogP contribution is 2.23. The summed E-state index contributed by atoms with van der Waals surface area (Å²) in [7, 11) is 1.50. The van der Waals surface area contributed by atoms with Gasteiger partial charge >= 0.3 is 0 Å². The second-order valence-electron chi connectivity index (χ2n) is 4.28. The summed E-state index contributed by atoms with van der Waals surface area (Å²) in [6.45, 7) is 3.99. The molecule has 0 aliphatic carbocycles. The van der Waals surface area contributed by atoms with Gasteiger partial charge in [-0.25, -0.2) is 0 Å². The van der Waals surface area contributed by atoms with E-state index in [4.69, 9.17) is 0 Å². The van der Waals surface area contributed by atoms with E-state index in [0.717, 1.165) is 0 Å². The number of amides is 1. The molecule has 17 heavy (non-hydrogen) atoms. The first-order valence-electron chi connectivity index (χ1n) is 5.45. The Morgan fingerprint density at radius 1 is 1.47 bits per heavy atom. The van der Waals surface area contributed by atoms with Crippen molar-refractivity contribution in [1.29, 1.82) is 0 Å². The lowest BCUT2D eigenvalue weighted by molar-refractivity contribution is -0.385. The molecule has 0 radical (unpaired) electrons. The SMILES string of the molecule is CNC(=O)c1ccc(CC(C)C)c([N+](=O)[O-])c1. The Kier molecular flexibility index (Phi) is 4.20. The van der Waals surface area contributed by atoms with Gasteiger partial charge in [-0.2, -0.15) is 0 Å². The van der Waals surface area contributed by atoms with Crippen LogP contribution in [0.2, 0.25) is 0 Å². The molecule has 0 atom stereocenters. The van der Waals surface area contributed by atoms with Gasteiger partial charge in [-0.3, -0.25) is 14.9 Å². The van der Waals surface area contributed by atoms with Gasteiger partial charge in [-0.1, -0.05) is 19.9 Å². The topological polar surface area (TPSA) is 72.2 Å². The maximum atomic E-state index is 11.4. The largest absolute Gasteiger partial charge is 0.355 e. The highest BCUT2D eigenvalue weighted by atomic mass is 16.6. The third-order valence-electron chi connectivity index (χ3n) is 2.40. The summed E-state index contributed by atoms with van der Waals surface area (Å²) in [6, 6.07) is 4.60. The molecular weight excluding hydrogens is 220 g/mol. The smallest absolute Gasteiger partial charge is 0.273 e. The highest BCUT2D eigenvalue weighted by molar-refractivity contribution is 5.94. The van der Waals surface area contributed by atoms with E-state index >= 15 is 0 Å². The molecule has 92 valence electrons. The van der Waals surface area contributed by atoms with Crippen LogP contribution in [0.3, 0.4) is 0 Å². The van der Waals surface area contributed by atoms with Crippen LogP contribution in [-0.4, -0.2) is 17.9 Å². The van der Waals surface area contributed by atoms with Crippen LogP contribution in [-0.2, 0) is 6.42 Å². The summed E-state index contributed by atoms with van der Waals surface area (Å²) in [5.74, 6) is 0.0174. The maximum absolute atomic E-state index is 11.4. The van der Waals surface area contributed by atoms with E-state index in [2.05, 4.69) is 5.32 Å². The van der Waals surface area contributed by atoms with Gasteiger partial charge < -0.3 is 5.32 Å². The molecule has 0 spiro atoms. The van der Waals surface area contributed by atoms with E-state index in [1.54, 1.807) is 12.1 Å². The van der Waals surface area contributed by atoms with Crippen LogP contribution in [0.1, 0.15) is 29.8 Å². The number of hydrogen-bond donors (Lipinski definition) is 1. The average Bonchev–Trinajstić information content (AvgIpc) is 2.27. The molecule has 0 aromatic heterocycles. The fourth-order valence-corrected chi connectivity index (χ4v) is 1.63. The lowest BCUT2D eigenvalue weighted by atomic mass is 9.99. The van der Waals surface area contributed by atoms with Crippen molar-refractivity contribution in [3.05, 3.63) is 39.4 Å². The van der Waals surface area contributed by atoms with Gasteiger partial charge in [0.2, 0.25) is 0 Å². The van der Waals surface area contributed by atoms with Gasteiger partial charge in [0.25, 0.3) is 11.6 Å². The predicted molar refractivity (Wildman–Crippen MR) is 65.0 cm³/mol. The van der Waals surface area contributed by atoms with E-state index in [-0.39, 0.29) is 11.6 Å². The predicted octanol–water partition coefficient (Wildman–Crippen LogP) is 2.15. The van der Waals surface area contributed by atoms with Crippen LogP contribution in [0.25, 0.3) is 0 Å². The zero-order chi connectivity index (χ0) is 13.0. The van der Waals surface area contributed by atoms with Crippen LogP contribution in [0.15, 0.2) is 18.2 Å². The molecular formula is C12H16N2O3. The molecule has 0 fully saturated rings. The molecule has 1 N–H and O–H groups in total. The third kappa shape index (κ3) is 3.27. The number of carbonyl (C=O) groups is 1. The first-order chi connectivity index (χ1) is 7.95. The molecule has 0 unspecified atom stereocenters. The Morgan fingerprint density at radius 2 is 2.12 bits per heavy atom. The van der Waals surface area contributed by atoms with Crippen molar-refractivity contribution in [3.8, 4) is 0 Å². The van der Waals surface area contributed by atoms with Crippen LogP contribution in [0.5, 0.6) is 0 Å². The highest BCUT2D eigenvalue weighted by Gasteiger charge is 2.17. The summed E-state index contributed by atoms with van der Waals surface area (Å²) < 4.78 is 0. The van der Waals surface area contributed by atoms with Crippen LogP contribution >= 0.6 is 0 Å². The molecule has 0 saturated heterocycles. The number of nitrogens with zero attached hydrogens (tertiary/aromatic N) is 1. The number of hydrogen-bond acceptors (Lipinski definition) is 3. The minimum absolute atomic E-state index is 0.0137. The van der Waals surface area contributed by atoms with Crippen molar-refractivity contribution in [3.63, 3.8) is 0 Å². The lowest BCUT2D eigenvalue weighted by Crippen LogP contribution is -2.18. The van der Waals surface area contributed by atoms with E-state index in [1.807, 2.05) is 13.8 Å². The summed E-state index contributed by atoms with van der Waals surface area (Å²) in [6.07, 6.45) is 0.629. The second-order valence-corrected chi connectivity index (χ2v) is 4.28. The molecule has 0 aliphatic rings. The first-order valence-corrected chi connectivity index (χ1v) is 5.45. The van der Waals surface area contributed by atoms with Gasteiger partial charge in [0.1, 0.15) is 0 Å². The van der Waals surface area contributed by atoms with E-state index < -0.39 is 4.92 Å². The summed E-state index contributed by atoms with van der Waals surface area (Å²) >= 11 is 0. The Bertz CT molecular complexity index is 441. The third-order valence-corrected chi connectivity index (χ3v) is 2.40. The molecule has 0 bridgehead atoms. The Hall–Kier alpha value is -1.91. The van der Waals surface area contributed by atoms with Crippen LogP contribution in [0, 0.1) is 16.0 Å². The average molecular weight is 236 g/mol. The van der Waals surface area contributed by atoms with Crippen molar-refractivity contribution >= 4 is 11.6 Å². The molecule has 1 amide bonds. The number of nitrogens with one attached hydrogen (secondary N) is 1. The number of nitro groups is 1. The van der Waals surface area contributed by atoms with E-state index in [9.17, 15) is 14.9 Å². The zero-order valence-corrected chi connectivity index (χ0v) is 10.2. The molecule has 0 aliphatic heterocycles. The van der Waals surface area contributed by atoms with Crippen molar-refractivity contribution in [2.24, 2.45) is 5.92 Å². The van der Waals surface area contributed by atoms with Gasteiger partial charge in [0.05, 0.1) is 4.92 Å². The molecule has 5 heteroatoms. The molecule has 1 rings (SSSR count). The Balaban J connectivity index is 3.17. The first kappa shape index (κ1) is 13.2. The summed E-state index contributed by atoms with van der Waals surface area (Å²) in [5, 5.41) is 13.4. The van der Waals surface area contributed by atoms with Crippen LogP contribution in [0.4, 0.5) is 5.69 Å². The normalized spacial score (nSPS) is 10.4. The molecule has 0 heterocycles. The zero-order valence-electron chi connectivity index (χ0n) is 10.2. The Morgan fingerprint density at radius 3 is 2.59 bits per heavy atom. The monoisotopic (exact) mass is 236 g/mol. The van der Waals surface area contributed by atoms with Crippen molar-refractivity contribution < 1.29 is 9.72 Å².